The Morgan fingerprint density at radius 3 is 2.44 bits per heavy atom. The third-order valence-corrected chi connectivity index (χ3v) is 3.54. The Morgan fingerprint density at radius 1 is 0.960 bits per heavy atom. The van der Waals surface area contributed by atoms with Crippen LogP contribution in [0.15, 0.2) is 42.5 Å². The van der Waals surface area contributed by atoms with E-state index in [9.17, 15) is 4.79 Å². The number of carbonyl (C=O) groups excluding carboxylic acids is 1. The summed E-state index contributed by atoms with van der Waals surface area (Å²) in [4.78, 5) is 12.1. The molecule has 0 radical (unpaired) electrons. The van der Waals surface area contributed by atoms with Crippen molar-refractivity contribution in [3.05, 3.63) is 53.6 Å². The van der Waals surface area contributed by atoms with Gasteiger partial charge < -0.3 is 23.7 Å². The number of hydrogen-bond donors (Lipinski definition) is 0. The average molecular weight is 342 g/mol. The Hall–Kier alpha value is -2.83. The highest BCUT2D eigenvalue weighted by Crippen LogP contribution is 2.36. The fourth-order valence-corrected chi connectivity index (χ4v) is 2.44. The molecule has 130 valence electrons. The molecule has 0 unspecified atom stereocenters. The van der Waals surface area contributed by atoms with Crippen LogP contribution in [0, 0.1) is 0 Å². The lowest BCUT2D eigenvalue weighted by Gasteiger charge is -2.12. The molecule has 0 N–H and O–H groups in total. The number of rotatable bonds is 7. The van der Waals surface area contributed by atoms with E-state index in [2.05, 4.69) is 0 Å². The number of methoxy groups -OCH3 is 2. The van der Waals surface area contributed by atoms with Gasteiger partial charge in [0.15, 0.2) is 25.1 Å². The van der Waals surface area contributed by atoms with E-state index in [-0.39, 0.29) is 19.6 Å². The van der Waals surface area contributed by atoms with Crippen LogP contribution in [0.25, 0.3) is 11.6 Å². The minimum Gasteiger partial charge on any atom is -0.464 e. The van der Waals surface area contributed by atoms with Gasteiger partial charge >= 0.3 is 5.97 Å². The summed E-state index contributed by atoms with van der Waals surface area (Å²) in [6.07, 6.45) is 1.76. The van der Waals surface area contributed by atoms with E-state index < -0.39 is 0 Å². The lowest BCUT2D eigenvalue weighted by Crippen LogP contribution is -2.04. The molecule has 0 saturated carbocycles. The summed E-state index contributed by atoms with van der Waals surface area (Å²) in [5.41, 5.74) is 2.05. The zero-order chi connectivity index (χ0) is 17.6. The van der Waals surface area contributed by atoms with Crippen molar-refractivity contribution in [2.45, 2.75) is 0 Å². The normalized spacial score (nSPS) is 14.3. The van der Waals surface area contributed by atoms with Crippen molar-refractivity contribution in [3.63, 3.8) is 0 Å². The molecule has 25 heavy (non-hydrogen) atoms. The van der Waals surface area contributed by atoms with E-state index in [0.717, 1.165) is 11.1 Å². The van der Waals surface area contributed by atoms with Gasteiger partial charge in [-0.05, 0) is 29.8 Å². The van der Waals surface area contributed by atoms with E-state index in [0.29, 0.717) is 22.8 Å². The molecule has 6 nitrogen and oxygen atoms in total. The quantitative estimate of drug-likeness (QED) is 0.333. The molecule has 3 rings (SSSR count). The molecule has 0 amide bonds. The Balaban J connectivity index is 1.93. The van der Waals surface area contributed by atoms with E-state index in [1.165, 1.54) is 14.2 Å². The summed E-state index contributed by atoms with van der Waals surface area (Å²) in [7, 11) is 3.07. The van der Waals surface area contributed by atoms with Crippen LogP contribution in [0.4, 0.5) is 0 Å². The second-order valence-corrected chi connectivity index (χ2v) is 5.25. The summed E-state index contributed by atoms with van der Waals surface area (Å²) >= 11 is 0. The monoisotopic (exact) mass is 342 g/mol. The second kappa shape index (κ2) is 7.83. The van der Waals surface area contributed by atoms with Crippen LogP contribution in [0.3, 0.4) is 0 Å². The van der Waals surface area contributed by atoms with Crippen molar-refractivity contribution in [2.75, 3.05) is 27.8 Å². The van der Waals surface area contributed by atoms with E-state index in [4.69, 9.17) is 23.7 Å². The molecule has 6 heteroatoms. The number of esters is 1. The minimum absolute atomic E-state index is 0.0776. The fraction of sp³-hybridized carbons (Fsp3) is 0.211. The van der Waals surface area contributed by atoms with Gasteiger partial charge in [0, 0.05) is 19.8 Å². The van der Waals surface area contributed by atoms with Crippen LogP contribution in [0.1, 0.15) is 11.1 Å². The third kappa shape index (κ3) is 3.81. The topological polar surface area (TPSA) is 63.2 Å². The molecule has 0 fully saturated rings. The SMILES string of the molecule is COCOc1ccc(/C=C2/C(=O)Oc3ccccc32)cc1OCOC. The highest BCUT2D eigenvalue weighted by molar-refractivity contribution is 6.25. The third-order valence-electron chi connectivity index (χ3n) is 3.54. The number of hydrogen-bond acceptors (Lipinski definition) is 6. The number of benzene rings is 2. The zero-order valence-corrected chi connectivity index (χ0v) is 14.0. The van der Waals surface area contributed by atoms with Gasteiger partial charge in [-0.1, -0.05) is 24.3 Å². The first-order chi connectivity index (χ1) is 12.2. The highest BCUT2D eigenvalue weighted by Gasteiger charge is 2.26. The molecule has 0 bridgehead atoms. The number of fused-ring (bicyclic) bond motifs is 1. The van der Waals surface area contributed by atoms with Gasteiger partial charge in [-0.2, -0.15) is 0 Å². The van der Waals surface area contributed by atoms with Crippen molar-refractivity contribution in [1.29, 1.82) is 0 Å². The molecule has 2 aromatic rings. The first-order valence-corrected chi connectivity index (χ1v) is 7.63. The van der Waals surface area contributed by atoms with Crippen molar-refractivity contribution in [2.24, 2.45) is 0 Å². The first-order valence-electron chi connectivity index (χ1n) is 7.63. The summed E-state index contributed by atoms with van der Waals surface area (Å²) in [5.74, 6) is 1.21. The standard InChI is InChI=1S/C19H18O6/c1-21-11-23-17-8-7-13(10-18(17)24-12-22-2)9-15-14-5-3-4-6-16(14)25-19(15)20/h3-10H,11-12H2,1-2H3/b15-9+. The maximum Gasteiger partial charge on any atom is 0.344 e. The summed E-state index contributed by atoms with van der Waals surface area (Å²) in [6, 6.07) is 12.7. The van der Waals surface area contributed by atoms with Gasteiger partial charge in [-0.25, -0.2) is 4.79 Å². The van der Waals surface area contributed by atoms with Crippen molar-refractivity contribution < 1.29 is 28.5 Å². The van der Waals surface area contributed by atoms with E-state index >= 15 is 0 Å². The molecule has 2 aromatic carbocycles. The minimum atomic E-state index is -0.375. The summed E-state index contributed by atoms with van der Waals surface area (Å²) in [6.45, 7) is 0.178. The Labute approximate surface area is 145 Å². The average Bonchev–Trinajstić information content (AvgIpc) is 2.94. The predicted molar refractivity (Wildman–Crippen MR) is 91.4 cm³/mol. The largest absolute Gasteiger partial charge is 0.464 e. The molecule has 1 aliphatic heterocycles. The van der Waals surface area contributed by atoms with Gasteiger partial charge in [-0.15, -0.1) is 0 Å². The van der Waals surface area contributed by atoms with Gasteiger partial charge in [0.25, 0.3) is 0 Å². The van der Waals surface area contributed by atoms with Gasteiger partial charge in [-0.3, -0.25) is 0 Å². The number of ether oxygens (including phenoxy) is 5. The molecular formula is C19H18O6. The summed E-state index contributed by atoms with van der Waals surface area (Å²) in [5, 5.41) is 0. The van der Waals surface area contributed by atoms with Gasteiger partial charge in [0.05, 0.1) is 5.57 Å². The van der Waals surface area contributed by atoms with Crippen LogP contribution < -0.4 is 14.2 Å². The van der Waals surface area contributed by atoms with Crippen LogP contribution in [-0.2, 0) is 14.3 Å². The smallest absolute Gasteiger partial charge is 0.344 e. The van der Waals surface area contributed by atoms with Gasteiger partial charge in [0.1, 0.15) is 5.75 Å². The number of para-hydroxylation sites is 1. The maximum atomic E-state index is 12.1. The molecule has 0 spiro atoms. The van der Waals surface area contributed by atoms with Crippen LogP contribution in [0.2, 0.25) is 0 Å². The molecule has 1 aliphatic rings. The molecule has 1 heterocycles. The Kier molecular flexibility index (Phi) is 5.33. The van der Waals surface area contributed by atoms with Crippen molar-refractivity contribution >= 4 is 17.6 Å². The number of carbonyl (C=O) groups is 1. The first kappa shape index (κ1) is 17.0. The Bertz CT molecular complexity index is 796. The van der Waals surface area contributed by atoms with Crippen LogP contribution in [0.5, 0.6) is 17.2 Å². The van der Waals surface area contributed by atoms with Crippen LogP contribution >= 0.6 is 0 Å². The van der Waals surface area contributed by atoms with E-state index in [1.54, 1.807) is 24.3 Å². The second-order valence-electron chi connectivity index (χ2n) is 5.25. The molecule has 0 aliphatic carbocycles. The van der Waals surface area contributed by atoms with Crippen molar-refractivity contribution in [1.82, 2.24) is 0 Å². The fourth-order valence-electron chi connectivity index (χ4n) is 2.44. The molecule has 0 aromatic heterocycles. The molecular weight excluding hydrogens is 324 g/mol. The zero-order valence-electron chi connectivity index (χ0n) is 14.0. The van der Waals surface area contributed by atoms with Crippen molar-refractivity contribution in [3.8, 4) is 17.2 Å². The summed E-state index contributed by atoms with van der Waals surface area (Å²) < 4.78 is 26.1. The van der Waals surface area contributed by atoms with Crippen LogP contribution in [-0.4, -0.2) is 33.8 Å². The predicted octanol–water partition coefficient (Wildman–Crippen LogP) is 3.11. The van der Waals surface area contributed by atoms with E-state index in [1.807, 2.05) is 24.3 Å². The lowest BCUT2D eigenvalue weighted by molar-refractivity contribution is -0.126. The molecule has 0 atom stereocenters. The molecule has 0 saturated heterocycles. The highest BCUT2D eigenvalue weighted by atomic mass is 16.7. The van der Waals surface area contributed by atoms with Gasteiger partial charge in [0.2, 0.25) is 0 Å². The lowest BCUT2D eigenvalue weighted by atomic mass is 10.0. The Morgan fingerprint density at radius 2 is 1.68 bits per heavy atom. The maximum absolute atomic E-state index is 12.1.